The van der Waals surface area contributed by atoms with Gasteiger partial charge in [0.1, 0.15) is 11.5 Å². The van der Waals surface area contributed by atoms with Crippen molar-refractivity contribution in [1.82, 2.24) is 10.3 Å². The predicted molar refractivity (Wildman–Crippen MR) is 125 cm³/mol. The molecule has 3 rings (SSSR count). The van der Waals surface area contributed by atoms with Crippen LogP contribution in [0.3, 0.4) is 0 Å². The Morgan fingerprint density at radius 2 is 1.84 bits per heavy atom. The summed E-state index contributed by atoms with van der Waals surface area (Å²) in [5.41, 5.74) is 2.35. The van der Waals surface area contributed by atoms with Crippen molar-refractivity contribution in [3.8, 4) is 23.0 Å². The molecule has 1 amide bonds. The van der Waals surface area contributed by atoms with E-state index in [0.717, 1.165) is 11.1 Å². The Morgan fingerprint density at radius 3 is 2.53 bits per heavy atom. The molecule has 0 unspecified atom stereocenters. The van der Waals surface area contributed by atoms with Gasteiger partial charge in [-0.1, -0.05) is 17.7 Å². The first-order chi connectivity index (χ1) is 15.4. The van der Waals surface area contributed by atoms with Crippen LogP contribution in [0.15, 0.2) is 46.9 Å². The number of amides is 1. The zero-order valence-electron chi connectivity index (χ0n) is 18.1. The molecule has 3 aromatic rings. The van der Waals surface area contributed by atoms with Gasteiger partial charge in [0.25, 0.3) is 0 Å². The van der Waals surface area contributed by atoms with E-state index in [1.54, 1.807) is 45.4 Å². The Labute approximate surface area is 194 Å². The van der Waals surface area contributed by atoms with E-state index < -0.39 is 10.8 Å². The Kier molecular flexibility index (Phi) is 8.30. The fraction of sp³-hybridized carbons (Fsp3) is 0.304. The molecule has 0 radical (unpaired) electrons. The number of aromatic nitrogens is 1. The van der Waals surface area contributed by atoms with Crippen molar-refractivity contribution in [2.24, 2.45) is 0 Å². The normalized spacial score (nSPS) is 11.8. The number of hydrogen-bond donors (Lipinski definition) is 1. The molecule has 0 fully saturated rings. The van der Waals surface area contributed by atoms with Gasteiger partial charge in [-0.2, -0.15) is 0 Å². The largest absolute Gasteiger partial charge is 0.493 e. The van der Waals surface area contributed by atoms with E-state index in [1.165, 1.54) is 0 Å². The molecule has 0 aliphatic carbocycles. The maximum absolute atomic E-state index is 12.5. The minimum Gasteiger partial charge on any atom is -0.493 e. The average Bonchev–Trinajstić information content (AvgIpc) is 3.13. The first-order valence-electron chi connectivity index (χ1n) is 9.94. The van der Waals surface area contributed by atoms with Crippen molar-refractivity contribution in [3.05, 3.63) is 64.5 Å². The molecule has 0 spiro atoms. The molecular weight excluding hydrogens is 452 g/mol. The molecule has 170 valence electrons. The predicted octanol–water partition coefficient (Wildman–Crippen LogP) is 3.93. The lowest BCUT2D eigenvalue weighted by Gasteiger charge is -2.10. The molecule has 0 saturated carbocycles. The van der Waals surface area contributed by atoms with Gasteiger partial charge in [-0.15, -0.1) is 0 Å². The van der Waals surface area contributed by atoms with Gasteiger partial charge in [-0.05, 0) is 55.3 Å². The number of aryl methyl sites for hydroxylation is 1. The van der Waals surface area contributed by atoms with Gasteiger partial charge in [-0.25, -0.2) is 4.98 Å². The zero-order valence-corrected chi connectivity index (χ0v) is 19.7. The summed E-state index contributed by atoms with van der Waals surface area (Å²) in [5, 5.41) is 3.43. The smallest absolute Gasteiger partial charge is 0.232 e. The maximum atomic E-state index is 12.5. The van der Waals surface area contributed by atoms with Crippen molar-refractivity contribution in [3.63, 3.8) is 0 Å². The lowest BCUT2D eigenvalue weighted by Crippen LogP contribution is -2.30. The molecule has 0 bridgehead atoms. The molecule has 1 aromatic heterocycles. The number of hydrogen-bond acceptors (Lipinski definition) is 6. The van der Waals surface area contributed by atoms with Gasteiger partial charge in [0.15, 0.2) is 11.5 Å². The standard InChI is InChI=1S/C23H25ClN2O5S/c1-15-19(26-23(31-15)17-5-7-18(24)8-6-17)13-32(28)14-22(27)25-11-10-16-4-9-20(29-2)21(12-16)30-3/h4-9,12H,10-11,13-14H2,1-3H3,(H,25,27)/t32-/m0/s1. The second-order valence-corrected chi connectivity index (χ2v) is 8.94. The lowest BCUT2D eigenvalue weighted by atomic mass is 10.1. The van der Waals surface area contributed by atoms with Crippen molar-refractivity contribution in [2.75, 3.05) is 26.5 Å². The fourth-order valence-corrected chi connectivity index (χ4v) is 4.26. The minimum absolute atomic E-state index is 0.103. The number of nitrogens with zero attached hydrogens (tertiary/aromatic N) is 1. The van der Waals surface area contributed by atoms with Crippen LogP contribution in [0.2, 0.25) is 5.02 Å². The molecule has 2 aromatic carbocycles. The summed E-state index contributed by atoms with van der Waals surface area (Å²) < 4.78 is 28.7. The van der Waals surface area contributed by atoms with Gasteiger partial charge in [0.2, 0.25) is 11.8 Å². The number of benzene rings is 2. The van der Waals surface area contributed by atoms with E-state index in [9.17, 15) is 9.00 Å². The van der Waals surface area contributed by atoms with Crippen molar-refractivity contribution >= 4 is 28.3 Å². The lowest BCUT2D eigenvalue weighted by molar-refractivity contribution is -0.118. The van der Waals surface area contributed by atoms with Gasteiger partial charge in [0, 0.05) is 27.9 Å². The summed E-state index contributed by atoms with van der Waals surface area (Å²) in [5.74, 6) is 2.07. The number of halogens is 1. The van der Waals surface area contributed by atoms with Crippen LogP contribution in [-0.2, 0) is 27.8 Å². The minimum atomic E-state index is -1.41. The number of nitrogens with one attached hydrogen (secondary N) is 1. The highest BCUT2D eigenvalue weighted by molar-refractivity contribution is 7.84. The monoisotopic (exact) mass is 476 g/mol. The van der Waals surface area contributed by atoms with Crippen molar-refractivity contribution < 1.29 is 22.9 Å². The van der Waals surface area contributed by atoms with Crippen LogP contribution in [0.25, 0.3) is 11.5 Å². The van der Waals surface area contributed by atoms with Crippen LogP contribution >= 0.6 is 11.6 Å². The molecule has 32 heavy (non-hydrogen) atoms. The molecule has 0 aliphatic heterocycles. The molecule has 1 atom stereocenters. The van der Waals surface area contributed by atoms with E-state index in [-0.39, 0.29) is 17.4 Å². The van der Waals surface area contributed by atoms with E-state index in [2.05, 4.69) is 10.3 Å². The summed E-state index contributed by atoms with van der Waals surface area (Å²) >= 11 is 5.91. The SMILES string of the molecule is COc1ccc(CCNC(=O)C[S@@](=O)Cc2nc(-c3ccc(Cl)cc3)oc2C)cc1OC. The number of oxazole rings is 1. The third-order valence-corrected chi connectivity index (χ3v) is 6.19. The average molecular weight is 477 g/mol. The molecular formula is C23H25ClN2O5S. The van der Waals surface area contributed by atoms with E-state index in [4.69, 9.17) is 25.5 Å². The van der Waals surface area contributed by atoms with Gasteiger partial charge >= 0.3 is 0 Å². The molecule has 0 saturated heterocycles. The molecule has 1 N–H and O–H groups in total. The summed E-state index contributed by atoms with van der Waals surface area (Å²) in [6.07, 6.45) is 0.617. The Bertz CT molecular complexity index is 1100. The number of rotatable bonds is 10. The number of ether oxygens (including phenoxy) is 2. The second-order valence-electron chi connectivity index (χ2n) is 7.05. The maximum Gasteiger partial charge on any atom is 0.232 e. The van der Waals surface area contributed by atoms with E-state index >= 15 is 0 Å². The number of carbonyl (C=O) groups excluding carboxylic acids is 1. The van der Waals surface area contributed by atoms with Gasteiger partial charge in [-0.3, -0.25) is 9.00 Å². The van der Waals surface area contributed by atoms with Crippen molar-refractivity contribution in [2.45, 2.75) is 19.1 Å². The van der Waals surface area contributed by atoms with Crippen LogP contribution in [0.4, 0.5) is 0 Å². The second kappa shape index (κ2) is 11.2. The Balaban J connectivity index is 1.49. The highest BCUT2D eigenvalue weighted by atomic mass is 35.5. The highest BCUT2D eigenvalue weighted by Crippen LogP contribution is 2.27. The van der Waals surface area contributed by atoms with Gasteiger partial charge in [0.05, 0.1) is 25.7 Å². The highest BCUT2D eigenvalue weighted by Gasteiger charge is 2.16. The van der Waals surface area contributed by atoms with Crippen LogP contribution in [0.1, 0.15) is 17.0 Å². The van der Waals surface area contributed by atoms with Crippen molar-refractivity contribution in [1.29, 1.82) is 0 Å². The topological polar surface area (TPSA) is 90.7 Å². The quantitative estimate of drug-likeness (QED) is 0.476. The Morgan fingerprint density at radius 1 is 1.12 bits per heavy atom. The van der Waals surface area contributed by atoms with Crippen LogP contribution in [0, 0.1) is 6.92 Å². The first-order valence-corrected chi connectivity index (χ1v) is 11.8. The van der Waals surface area contributed by atoms with Crippen LogP contribution in [-0.4, -0.2) is 41.6 Å². The third-order valence-electron chi connectivity index (χ3n) is 4.76. The van der Waals surface area contributed by atoms with Gasteiger partial charge < -0.3 is 19.2 Å². The molecule has 7 nitrogen and oxygen atoms in total. The third kappa shape index (κ3) is 6.34. The molecule has 1 heterocycles. The zero-order chi connectivity index (χ0) is 23.1. The summed E-state index contributed by atoms with van der Waals surface area (Å²) in [7, 11) is 1.75. The van der Waals surface area contributed by atoms with Crippen LogP contribution in [0.5, 0.6) is 11.5 Å². The molecule has 9 heteroatoms. The number of carbonyl (C=O) groups is 1. The van der Waals surface area contributed by atoms with E-state index in [1.807, 2.05) is 18.2 Å². The Hall–Kier alpha value is -2.84. The molecule has 0 aliphatic rings. The summed E-state index contributed by atoms with van der Waals surface area (Å²) in [4.78, 5) is 16.6. The number of methoxy groups -OCH3 is 2. The van der Waals surface area contributed by atoms with E-state index in [0.29, 0.717) is 46.8 Å². The first kappa shape index (κ1) is 23.8. The fourth-order valence-electron chi connectivity index (χ4n) is 3.06. The van der Waals surface area contributed by atoms with Crippen LogP contribution < -0.4 is 14.8 Å². The summed E-state index contributed by atoms with van der Waals surface area (Å²) in [6, 6.07) is 12.7. The summed E-state index contributed by atoms with van der Waals surface area (Å²) in [6.45, 7) is 2.19.